The molecular weight excluding hydrogens is 394 g/mol. The van der Waals surface area contributed by atoms with E-state index in [-0.39, 0.29) is 47.2 Å². The van der Waals surface area contributed by atoms with E-state index in [4.69, 9.17) is 16.3 Å². The Balaban J connectivity index is 1.47. The highest BCUT2D eigenvalue weighted by Gasteiger charge is 2.62. The van der Waals surface area contributed by atoms with Crippen LogP contribution in [0.15, 0.2) is 24.3 Å². The molecule has 1 aliphatic heterocycles. The van der Waals surface area contributed by atoms with E-state index >= 15 is 0 Å². The van der Waals surface area contributed by atoms with E-state index in [0.29, 0.717) is 10.6 Å². The lowest BCUT2D eigenvalue weighted by atomic mass is 9.81. The van der Waals surface area contributed by atoms with Crippen molar-refractivity contribution in [1.82, 2.24) is 4.90 Å². The van der Waals surface area contributed by atoms with E-state index in [9.17, 15) is 19.2 Å². The molecule has 2 saturated carbocycles. The lowest BCUT2D eigenvalue weighted by Gasteiger charge is -2.28. The number of hydrogen-bond acceptors (Lipinski definition) is 5. The number of esters is 1. The van der Waals surface area contributed by atoms with E-state index in [2.05, 4.69) is 0 Å². The molecule has 29 heavy (non-hydrogen) atoms. The van der Waals surface area contributed by atoms with Crippen LogP contribution in [0.25, 0.3) is 0 Å². The van der Waals surface area contributed by atoms with Crippen molar-refractivity contribution in [2.24, 2.45) is 29.6 Å². The van der Waals surface area contributed by atoms with E-state index < -0.39 is 18.6 Å². The van der Waals surface area contributed by atoms with Crippen molar-refractivity contribution < 1.29 is 23.9 Å². The van der Waals surface area contributed by atoms with Crippen molar-refractivity contribution in [3.8, 4) is 0 Å². The number of imide groups is 1. The average Bonchev–Trinajstić information content (AvgIpc) is 3.36. The summed E-state index contributed by atoms with van der Waals surface area (Å²) in [7, 11) is 0. The van der Waals surface area contributed by atoms with Gasteiger partial charge < -0.3 is 4.74 Å². The van der Waals surface area contributed by atoms with Crippen LogP contribution in [-0.2, 0) is 19.1 Å². The molecule has 0 aromatic heterocycles. The number of carbonyl (C=O) groups excluding carboxylic acids is 4. The van der Waals surface area contributed by atoms with Crippen molar-refractivity contribution in [2.45, 2.75) is 39.2 Å². The van der Waals surface area contributed by atoms with Crippen LogP contribution in [0.2, 0.25) is 5.02 Å². The molecule has 1 heterocycles. The molecule has 2 aliphatic carbocycles. The zero-order valence-corrected chi connectivity index (χ0v) is 17.2. The normalized spacial score (nSPS) is 28.8. The van der Waals surface area contributed by atoms with Gasteiger partial charge in [0.1, 0.15) is 6.04 Å². The van der Waals surface area contributed by atoms with Crippen LogP contribution in [0.1, 0.15) is 43.5 Å². The van der Waals surface area contributed by atoms with Gasteiger partial charge in [-0.05, 0) is 61.3 Å². The Morgan fingerprint density at radius 3 is 2.14 bits per heavy atom. The zero-order valence-electron chi connectivity index (χ0n) is 16.5. The molecule has 5 atom stereocenters. The number of rotatable bonds is 6. The minimum absolute atomic E-state index is 0.244. The minimum atomic E-state index is -1.00. The summed E-state index contributed by atoms with van der Waals surface area (Å²) < 4.78 is 5.24. The molecule has 1 aromatic rings. The number of likely N-dealkylation sites (tertiary alicyclic amines) is 1. The summed E-state index contributed by atoms with van der Waals surface area (Å²) in [6, 6.07) is 5.29. The monoisotopic (exact) mass is 417 g/mol. The third-order valence-electron chi connectivity index (χ3n) is 6.62. The molecule has 2 bridgehead atoms. The van der Waals surface area contributed by atoms with Gasteiger partial charge in [0, 0.05) is 10.6 Å². The minimum Gasteiger partial charge on any atom is -0.456 e. The molecule has 0 N–H and O–H groups in total. The van der Waals surface area contributed by atoms with Gasteiger partial charge in [-0.3, -0.25) is 19.3 Å². The number of halogens is 1. The van der Waals surface area contributed by atoms with E-state index in [1.165, 1.54) is 0 Å². The third kappa shape index (κ3) is 3.37. The molecule has 7 heteroatoms. The van der Waals surface area contributed by atoms with Crippen LogP contribution in [-0.4, -0.2) is 41.1 Å². The summed E-state index contributed by atoms with van der Waals surface area (Å²) >= 11 is 5.82. The van der Waals surface area contributed by atoms with Crippen molar-refractivity contribution in [3.63, 3.8) is 0 Å². The summed E-state index contributed by atoms with van der Waals surface area (Å²) in [4.78, 5) is 52.3. The largest absolute Gasteiger partial charge is 0.456 e. The lowest BCUT2D eigenvalue weighted by Crippen LogP contribution is -2.50. The first-order valence-corrected chi connectivity index (χ1v) is 10.5. The number of carbonyl (C=O) groups is 4. The number of ether oxygens (including phenoxy) is 1. The molecule has 2 amide bonds. The number of hydrogen-bond donors (Lipinski definition) is 0. The first-order valence-electron chi connectivity index (χ1n) is 10.1. The number of fused-ring (bicyclic) bond motifs is 5. The summed E-state index contributed by atoms with van der Waals surface area (Å²) in [5, 5.41) is 0.504. The maximum absolute atomic E-state index is 13.0. The van der Waals surface area contributed by atoms with E-state index in [1.807, 2.05) is 0 Å². The molecule has 0 unspecified atom stereocenters. The van der Waals surface area contributed by atoms with Gasteiger partial charge in [0.15, 0.2) is 12.4 Å². The van der Waals surface area contributed by atoms with Gasteiger partial charge in [-0.25, -0.2) is 4.79 Å². The maximum atomic E-state index is 13.0. The number of amides is 2. The standard InChI is InChI=1S/C22H24ClNO5/c1-11(2)19(22(28)29-10-16(25)12-5-7-15(23)8-6-12)24-20(26)17-13-3-4-14(9-13)18(17)21(24)27/h5-8,11,13-14,17-19H,3-4,9-10H2,1-2H3/t13-,14+,17+,18-,19-/m0/s1. The predicted octanol–water partition coefficient (Wildman–Crippen LogP) is 3.12. The number of Topliss-reactive ketones (excluding diaryl/α,β-unsaturated/α-hetero) is 1. The Bertz CT molecular complexity index is 836. The molecule has 6 nitrogen and oxygen atoms in total. The smallest absolute Gasteiger partial charge is 0.330 e. The zero-order chi connectivity index (χ0) is 20.9. The van der Waals surface area contributed by atoms with Gasteiger partial charge in [0.25, 0.3) is 0 Å². The molecule has 154 valence electrons. The Morgan fingerprint density at radius 2 is 1.62 bits per heavy atom. The SMILES string of the molecule is CC(C)[C@@H](C(=O)OCC(=O)c1ccc(Cl)cc1)N1C(=O)[C@@H]2[C@H]3CC[C@H](C3)[C@@H]2C1=O. The Kier molecular flexibility index (Phi) is 5.23. The average molecular weight is 418 g/mol. The fraction of sp³-hybridized carbons (Fsp3) is 0.545. The van der Waals surface area contributed by atoms with Crippen LogP contribution in [0.4, 0.5) is 0 Å². The van der Waals surface area contributed by atoms with Crippen molar-refractivity contribution in [1.29, 1.82) is 0 Å². The fourth-order valence-electron chi connectivity index (χ4n) is 5.32. The van der Waals surface area contributed by atoms with Crippen LogP contribution in [0.5, 0.6) is 0 Å². The molecule has 0 spiro atoms. The second-order valence-corrected chi connectivity index (χ2v) is 9.09. The molecule has 3 aliphatic rings. The first-order chi connectivity index (χ1) is 13.8. The number of nitrogens with zero attached hydrogens (tertiary/aromatic N) is 1. The van der Waals surface area contributed by atoms with E-state index in [0.717, 1.165) is 24.2 Å². The highest BCUT2D eigenvalue weighted by Crippen LogP contribution is 2.56. The van der Waals surface area contributed by atoms with Gasteiger partial charge in [-0.1, -0.05) is 25.4 Å². The van der Waals surface area contributed by atoms with Crippen LogP contribution < -0.4 is 0 Å². The van der Waals surface area contributed by atoms with Gasteiger partial charge in [-0.15, -0.1) is 0 Å². The summed E-state index contributed by atoms with van der Waals surface area (Å²) in [5.74, 6) is -1.94. The lowest BCUT2D eigenvalue weighted by molar-refractivity contribution is -0.160. The van der Waals surface area contributed by atoms with Crippen LogP contribution in [0, 0.1) is 29.6 Å². The second kappa shape index (κ2) is 7.56. The molecule has 3 fully saturated rings. The fourth-order valence-corrected chi connectivity index (χ4v) is 5.45. The topological polar surface area (TPSA) is 80.8 Å². The van der Waals surface area contributed by atoms with Gasteiger partial charge >= 0.3 is 5.97 Å². The van der Waals surface area contributed by atoms with E-state index in [1.54, 1.807) is 38.1 Å². The van der Waals surface area contributed by atoms with Crippen LogP contribution >= 0.6 is 11.6 Å². The summed E-state index contributed by atoms with van der Waals surface area (Å²) in [6.45, 7) is 3.10. The predicted molar refractivity (Wildman–Crippen MR) is 105 cm³/mol. The van der Waals surface area contributed by atoms with Gasteiger partial charge in [0.05, 0.1) is 11.8 Å². The van der Waals surface area contributed by atoms with Gasteiger partial charge in [0.2, 0.25) is 11.8 Å². The first kappa shape index (κ1) is 20.1. The highest BCUT2D eigenvalue weighted by atomic mass is 35.5. The van der Waals surface area contributed by atoms with Crippen molar-refractivity contribution >= 4 is 35.2 Å². The third-order valence-corrected chi connectivity index (χ3v) is 6.88. The number of benzene rings is 1. The Labute approximate surface area is 174 Å². The highest BCUT2D eigenvalue weighted by molar-refractivity contribution is 6.30. The molecule has 0 radical (unpaired) electrons. The second-order valence-electron chi connectivity index (χ2n) is 8.66. The molecule has 1 saturated heterocycles. The molecule has 1 aromatic carbocycles. The van der Waals surface area contributed by atoms with Crippen molar-refractivity contribution in [2.75, 3.05) is 6.61 Å². The summed E-state index contributed by atoms with van der Waals surface area (Å²) in [5.41, 5.74) is 0.378. The maximum Gasteiger partial charge on any atom is 0.330 e. The van der Waals surface area contributed by atoms with Crippen LogP contribution in [0.3, 0.4) is 0 Å². The van der Waals surface area contributed by atoms with Crippen molar-refractivity contribution in [3.05, 3.63) is 34.9 Å². The summed E-state index contributed by atoms with van der Waals surface area (Å²) in [6.07, 6.45) is 2.89. The molecular formula is C22H24ClNO5. The number of ketones is 1. The Morgan fingerprint density at radius 1 is 1.07 bits per heavy atom. The molecule has 4 rings (SSSR count). The Hall–Kier alpha value is -2.21. The van der Waals surface area contributed by atoms with Gasteiger partial charge in [-0.2, -0.15) is 0 Å². The quantitative estimate of drug-likeness (QED) is 0.403.